The second kappa shape index (κ2) is 8.34. The largest absolute Gasteiger partial charge is 0.385 e. The van der Waals surface area contributed by atoms with Crippen molar-refractivity contribution in [2.75, 3.05) is 33.5 Å². The Kier molecular flexibility index (Phi) is 7.11. The smallest absolute Gasteiger partial charge is 0.246 e. The Hall–Kier alpha value is -1.14. The van der Waals surface area contributed by atoms with Crippen molar-refractivity contribution >= 4 is 11.8 Å². The summed E-state index contributed by atoms with van der Waals surface area (Å²) < 4.78 is 10.5. The van der Waals surface area contributed by atoms with Gasteiger partial charge in [0, 0.05) is 26.9 Å². The fourth-order valence-electron chi connectivity index (χ4n) is 2.42. The van der Waals surface area contributed by atoms with E-state index in [0.29, 0.717) is 32.8 Å². The molecule has 1 fully saturated rings. The van der Waals surface area contributed by atoms with Gasteiger partial charge in [0.15, 0.2) is 0 Å². The van der Waals surface area contributed by atoms with E-state index in [1.807, 2.05) is 6.92 Å². The molecule has 0 aromatic carbocycles. The number of amides is 2. The van der Waals surface area contributed by atoms with Crippen LogP contribution in [-0.4, -0.2) is 61.8 Å². The first-order chi connectivity index (χ1) is 9.95. The molecule has 0 radical (unpaired) electrons. The molecule has 122 valence electrons. The number of hydrogen-bond acceptors (Lipinski definition) is 4. The van der Waals surface area contributed by atoms with Crippen molar-refractivity contribution in [2.45, 2.75) is 51.6 Å². The number of methoxy groups -OCH3 is 1. The van der Waals surface area contributed by atoms with E-state index in [2.05, 4.69) is 5.32 Å². The maximum absolute atomic E-state index is 12.5. The predicted molar refractivity (Wildman–Crippen MR) is 79.9 cm³/mol. The molecule has 21 heavy (non-hydrogen) atoms. The second-order valence-electron chi connectivity index (χ2n) is 5.82. The summed E-state index contributed by atoms with van der Waals surface area (Å²) in [7, 11) is 1.65. The van der Waals surface area contributed by atoms with Crippen LogP contribution < -0.4 is 5.32 Å². The van der Waals surface area contributed by atoms with Crippen LogP contribution in [0.15, 0.2) is 0 Å². The van der Waals surface area contributed by atoms with Crippen molar-refractivity contribution in [3.05, 3.63) is 0 Å². The van der Waals surface area contributed by atoms with Crippen LogP contribution in [0.4, 0.5) is 0 Å². The summed E-state index contributed by atoms with van der Waals surface area (Å²) in [5.41, 5.74) is -0.822. The van der Waals surface area contributed by atoms with Gasteiger partial charge in [-0.05, 0) is 26.7 Å². The second-order valence-corrected chi connectivity index (χ2v) is 5.82. The molecule has 1 unspecified atom stereocenters. The molecule has 0 bridgehead atoms. The van der Waals surface area contributed by atoms with Crippen molar-refractivity contribution in [3.8, 4) is 0 Å². The molecule has 0 aromatic heterocycles. The van der Waals surface area contributed by atoms with E-state index in [0.717, 1.165) is 12.8 Å². The van der Waals surface area contributed by atoms with Crippen LogP contribution in [-0.2, 0) is 19.1 Å². The minimum Gasteiger partial charge on any atom is -0.385 e. The first-order valence-electron chi connectivity index (χ1n) is 7.64. The molecule has 1 rings (SSSR count). The zero-order valence-electron chi connectivity index (χ0n) is 13.6. The summed E-state index contributed by atoms with van der Waals surface area (Å²) in [4.78, 5) is 26.3. The third-order valence-corrected chi connectivity index (χ3v) is 3.77. The fraction of sp³-hybridized carbons (Fsp3) is 0.867. The van der Waals surface area contributed by atoms with Crippen LogP contribution >= 0.6 is 0 Å². The number of hydrogen-bond donors (Lipinski definition) is 1. The Morgan fingerprint density at radius 1 is 1.24 bits per heavy atom. The molecule has 1 saturated heterocycles. The molecule has 6 nitrogen and oxygen atoms in total. The topological polar surface area (TPSA) is 67.9 Å². The summed E-state index contributed by atoms with van der Waals surface area (Å²) in [6.07, 6.45) is 2.36. The molecule has 1 atom stereocenters. The molecule has 0 saturated carbocycles. The fourth-order valence-corrected chi connectivity index (χ4v) is 2.42. The van der Waals surface area contributed by atoms with Gasteiger partial charge in [0.05, 0.1) is 6.61 Å². The molecule has 0 aromatic rings. The van der Waals surface area contributed by atoms with E-state index >= 15 is 0 Å². The van der Waals surface area contributed by atoms with Gasteiger partial charge in [0.1, 0.15) is 11.6 Å². The van der Waals surface area contributed by atoms with Gasteiger partial charge in [-0.1, -0.05) is 13.3 Å². The Bertz CT molecular complexity index is 358. The molecule has 1 aliphatic rings. The van der Waals surface area contributed by atoms with Crippen molar-refractivity contribution in [3.63, 3.8) is 0 Å². The summed E-state index contributed by atoms with van der Waals surface area (Å²) in [6, 6.07) is -0.399. The molecule has 0 spiro atoms. The van der Waals surface area contributed by atoms with E-state index in [-0.39, 0.29) is 11.8 Å². The summed E-state index contributed by atoms with van der Waals surface area (Å²) >= 11 is 0. The minimum atomic E-state index is -0.822. The lowest BCUT2D eigenvalue weighted by Crippen LogP contribution is -2.68. The van der Waals surface area contributed by atoms with Crippen molar-refractivity contribution in [2.24, 2.45) is 0 Å². The maximum atomic E-state index is 12.5. The number of nitrogens with one attached hydrogen (secondary N) is 1. The number of carbonyl (C=O) groups excluding carboxylic acids is 2. The molecular weight excluding hydrogens is 272 g/mol. The first kappa shape index (κ1) is 17.9. The lowest BCUT2D eigenvalue weighted by molar-refractivity contribution is -0.156. The molecule has 1 N–H and O–H groups in total. The lowest BCUT2D eigenvalue weighted by atomic mass is 9.94. The van der Waals surface area contributed by atoms with Crippen LogP contribution in [0.3, 0.4) is 0 Å². The molecular formula is C15H28N2O4. The Morgan fingerprint density at radius 3 is 2.57 bits per heavy atom. The number of carbonyl (C=O) groups is 2. The zero-order chi connectivity index (χ0) is 15.9. The summed E-state index contributed by atoms with van der Waals surface area (Å²) in [6.45, 7) is 7.68. The monoisotopic (exact) mass is 300 g/mol. The van der Waals surface area contributed by atoms with Gasteiger partial charge >= 0.3 is 0 Å². The maximum Gasteiger partial charge on any atom is 0.246 e. The van der Waals surface area contributed by atoms with Crippen LogP contribution in [0.1, 0.15) is 40.0 Å². The van der Waals surface area contributed by atoms with Crippen LogP contribution in [0, 0.1) is 0 Å². The molecule has 1 heterocycles. The van der Waals surface area contributed by atoms with Crippen molar-refractivity contribution in [1.29, 1.82) is 0 Å². The highest BCUT2D eigenvalue weighted by molar-refractivity contribution is 5.99. The van der Waals surface area contributed by atoms with E-state index in [1.165, 1.54) is 0 Å². The van der Waals surface area contributed by atoms with E-state index in [1.54, 1.807) is 25.9 Å². The third-order valence-electron chi connectivity index (χ3n) is 3.77. The molecule has 0 aliphatic carbocycles. The summed E-state index contributed by atoms with van der Waals surface area (Å²) in [5.74, 6) is -0.109. The van der Waals surface area contributed by atoms with Gasteiger partial charge in [-0.15, -0.1) is 0 Å². The van der Waals surface area contributed by atoms with Gasteiger partial charge < -0.3 is 19.7 Å². The van der Waals surface area contributed by atoms with Crippen LogP contribution in [0.5, 0.6) is 0 Å². The quantitative estimate of drug-likeness (QED) is 0.644. The number of rotatable bonds is 9. The number of nitrogens with zero attached hydrogens (tertiary/aromatic N) is 1. The zero-order valence-corrected chi connectivity index (χ0v) is 13.6. The average Bonchev–Trinajstić information content (AvgIpc) is 2.43. The van der Waals surface area contributed by atoms with Gasteiger partial charge in [-0.2, -0.15) is 0 Å². The first-order valence-corrected chi connectivity index (χ1v) is 7.64. The van der Waals surface area contributed by atoms with Crippen molar-refractivity contribution < 1.29 is 19.1 Å². The van der Waals surface area contributed by atoms with Gasteiger partial charge in [-0.25, -0.2) is 0 Å². The number of ether oxygens (including phenoxy) is 2. The molecule has 2 amide bonds. The predicted octanol–water partition coefficient (Wildman–Crippen LogP) is 0.945. The SMILES string of the molecule is CCCC1NC(=O)C(C)(C)N(CCOCCCOC)C1=O. The highest BCUT2D eigenvalue weighted by Crippen LogP contribution is 2.22. The summed E-state index contributed by atoms with van der Waals surface area (Å²) in [5, 5.41) is 2.82. The van der Waals surface area contributed by atoms with E-state index < -0.39 is 11.6 Å². The Balaban J connectivity index is 2.54. The Labute approximate surface area is 127 Å². The normalized spacial score (nSPS) is 21.5. The lowest BCUT2D eigenvalue weighted by Gasteiger charge is -2.44. The van der Waals surface area contributed by atoms with Gasteiger partial charge in [-0.3, -0.25) is 9.59 Å². The molecule has 1 aliphatic heterocycles. The average molecular weight is 300 g/mol. The van der Waals surface area contributed by atoms with E-state index in [9.17, 15) is 9.59 Å². The Morgan fingerprint density at radius 2 is 1.95 bits per heavy atom. The standard InChI is InChI=1S/C15H28N2O4/c1-5-7-12-13(18)17(15(2,3)14(19)16-12)8-11-21-10-6-9-20-4/h12H,5-11H2,1-4H3,(H,16,19). The highest BCUT2D eigenvalue weighted by atomic mass is 16.5. The third kappa shape index (κ3) is 4.68. The van der Waals surface area contributed by atoms with E-state index in [4.69, 9.17) is 9.47 Å². The van der Waals surface area contributed by atoms with Gasteiger partial charge in [0.2, 0.25) is 11.8 Å². The van der Waals surface area contributed by atoms with Crippen LogP contribution in [0.25, 0.3) is 0 Å². The van der Waals surface area contributed by atoms with Crippen LogP contribution in [0.2, 0.25) is 0 Å². The number of piperazine rings is 1. The highest BCUT2D eigenvalue weighted by Gasteiger charge is 2.45. The van der Waals surface area contributed by atoms with Crippen molar-refractivity contribution in [1.82, 2.24) is 10.2 Å². The molecule has 6 heteroatoms. The minimum absolute atomic E-state index is 0.0121. The van der Waals surface area contributed by atoms with Gasteiger partial charge in [0.25, 0.3) is 0 Å².